The molecule has 1 N–H and O–H groups in total. The predicted octanol–water partition coefficient (Wildman–Crippen LogP) is 1.24. The van der Waals surface area contributed by atoms with Crippen molar-refractivity contribution in [2.75, 3.05) is 20.1 Å². The quantitative estimate of drug-likeness (QED) is 0.762. The summed E-state index contributed by atoms with van der Waals surface area (Å²) in [6, 6.07) is 0.491. The molecule has 3 aliphatic rings. The van der Waals surface area contributed by atoms with E-state index in [1.807, 2.05) is 7.05 Å². The maximum Gasteiger partial charge on any atom is 0.225 e. The smallest absolute Gasteiger partial charge is 0.225 e. The van der Waals surface area contributed by atoms with Gasteiger partial charge in [-0.2, -0.15) is 0 Å². The normalized spacial score (nSPS) is 38.2. The van der Waals surface area contributed by atoms with Crippen molar-refractivity contribution in [2.45, 2.75) is 38.1 Å². The second-order valence-electron chi connectivity index (χ2n) is 5.85. The summed E-state index contributed by atoms with van der Waals surface area (Å²) in [5.41, 5.74) is 0. The van der Waals surface area contributed by atoms with Crippen LogP contribution >= 0.6 is 0 Å². The Kier molecular flexibility index (Phi) is 2.66. The summed E-state index contributed by atoms with van der Waals surface area (Å²) in [4.78, 5) is 14.4. The third kappa shape index (κ3) is 1.86. The molecule has 0 radical (unpaired) electrons. The standard InChI is InChI=1S/C13H22N2O/c1-15(12-2-4-14-5-3-12)13(16)11-7-9-6-10(9)8-11/h9-12,14H,2-8H2,1H3. The highest BCUT2D eigenvalue weighted by Crippen LogP contribution is 2.54. The van der Waals surface area contributed by atoms with Crippen LogP contribution in [0.1, 0.15) is 32.1 Å². The molecule has 16 heavy (non-hydrogen) atoms. The number of fused-ring (bicyclic) bond motifs is 1. The Morgan fingerprint density at radius 1 is 1.12 bits per heavy atom. The fourth-order valence-electron chi connectivity index (χ4n) is 3.58. The van der Waals surface area contributed by atoms with Gasteiger partial charge in [-0.1, -0.05) is 0 Å². The lowest BCUT2D eigenvalue weighted by molar-refractivity contribution is -0.136. The molecule has 3 nitrogen and oxygen atoms in total. The number of hydrogen-bond acceptors (Lipinski definition) is 2. The van der Waals surface area contributed by atoms with Crippen molar-refractivity contribution in [2.24, 2.45) is 17.8 Å². The van der Waals surface area contributed by atoms with E-state index in [1.54, 1.807) is 0 Å². The number of amides is 1. The zero-order valence-electron chi connectivity index (χ0n) is 10.1. The average molecular weight is 222 g/mol. The van der Waals surface area contributed by atoms with E-state index in [0.29, 0.717) is 17.9 Å². The summed E-state index contributed by atoms with van der Waals surface area (Å²) in [5.74, 6) is 2.62. The predicted molar refractivity (Wildman–Crippen MR) is 63.0 cm³/mol. The van der Waals surface area contributed by atoms with Crippen molar-refractivity contribution in [3.63, 3.8) is 0 Å². The Balaban J connectivity index is 1.56. The van der Waals surface area contributed by atoms with Crippen molar-refractivity contribution in [3.8, 4) is 0 Å². The first-order valence-electron chi connectivity index (χ1n) is 6.73. The molecule has 1 amide bonds. The topological polar surface area (TPSA) is 32.3 Å². The van der Waals surface area contributed by atoms with Crippen LogP contribution in [-0.4, -0.2) is 37.0 Å². The van der Waals surface area contributed by atoms with E-state index >= 15 is 0 Å². The largest absolute Gasteiger partial charge is 0.342 e. The Morgan fingerprint density at radius 2 is 1.75 bits per heavy atom. The van der Waals surface area contributed by atoms with Crippen molar-refractivity contribution in [1.82, 2.24) is 10.2 Å². The Bertz CT molecular complexity index is 276. The number of hydrogen-bond donors (Lipinski definition) is 1. The molecule has 3 fully saturated rings. The van der Waals surface area contributed by atoms with Gasteiger partial charge in [0.05, 0.1) is 0 Å². The van der Waals surface area contributed by atoms with E-state index in [-0.39, 0.29) is 0 Å². The first kappa shape index (κ1) is 10.6. The number of carbonyl (C=O) groups is 1. The summed E-state index contributed by atoms with van der Waals surface area (Å²) in [5, 5.41) is 3.35. The summed E-state index contributed by atoms with van der Waals surface area (Å²) in [6.07, 6.45) is 6.02. The minimum absolute atomic E-state index is 0.364. The molecule has 2 saturated carbocycles. The average Bonchev–Trinajstić information content (AvgIpc) is 2.95. The van der Waals surface area contributed by atoms with Crippen LogP contribution < -0.4 is 5.32 Å². The number of piperidine rings is 1. The minimum Gasteiger partial charge on any atom is -0.342 e. The Hall–Kier alpha value is -0.570. The monoisotopic (exact) mass is 222 g/mol. The van der Waals surface area contributed by atoms with Crippen LogP contribution in [0.2, 0.25) is 0 Å². The molecular formula is C13H22N2O. The minimum atomic E-state index is 0.364. The second kappa shape index (κ2) is 4.02. The van der Waals surface area contributed by atoms with Gasteiger partial charge in [0, 0.05) is 19.0 Å². The summed E-state index contributed by atoms with van der Waals surface area (Å²) in [6.45, 7) is 2.14. The molecule has 0 aromatic rings. The highest BCUT2D eigenvalue weighted by Gasteiger charge is 2.48. The van der Waals surface area contributed by atoms with Gasteiger partial charge in [0.25, 0.3) is 0 Å². The van der Waals surface area contributed by atoms with E-state index < -0.39 is 0 Å². The van der Waals surface area contributed by atoms with Crippen LogP contribution in [0.3, 0.4) is 0 Å². The summed E-state index contributed by atoms with van der Waals surface area (Å²) >= 11 is 0. The first-order valence-corrected chi connectivity index (χ1v) is 6.73. The van der Waals surface area contributed by atoms with Crippen LogP contribution in [0.5, 0.6) is 0 Å². The number of rotatable bonds is 2. The highest BCUT2D eigenvalue weighted by atomic mass is 16.2. The van der Waals surface area contributed by atoms with Crippen LogP contribution in [0.4, 0.5) is 0 Å². The number of carbonyl (C=O) groups excluding carboxylic acids is 1. The molecule has 3 heteroatoms. The van der Waals surface area contributed by atoms with E-state index in [1.165, 1.54) is 19.3 Å². The maximum atomic E-state index is 12.3. The van der Waals surface area contributed by atoms with Gasteiger partial charge in [-0.15, -0.1) is 0 Å². The molecular weight excluding hydrogens is 200 g/mol. The van der Waals surface area contributed by atoms with Crippen LogP contribution in [0.15, 0.2) is 0 Å². The van der Waals surface area contributed by atoms with E-state index in [0.717, 1.165) is 37.8 Å². The van der Waals surface area contributed by atoms with Crippen LogP contribution in [0.25, 0.3) is 0 Å². The van der Waals surface area contributed by atoms with E-state index in [4.69, 9.17) is 0 Å². The van der Waals surface area contributed by atoms with Gasteiger partial charge in [-0.05, 0) is 57.0 Å². The first-order chi connectivity index (χ1) is 7.75. The highest BCUT2D eigenvalue weighted by molar-refractivity contribution is 5.79. The van der Waals surface area contributed by atoms with Gasteiger partial charge in [0.15, 0.2) is 0 Å². The van der Waals surface area contributed by atoms with Crippen molar-refractivity contribution < 1.29 is 4.79 Å². The molecule has 0 aromatic carbocycles. The lowest BCUT2D eigenvalue weighted by Gasteiger charge is -2.33. The third-order valence-electron chi connectivity index (χ3n) is 4.80. The molecule has 1 saturated heterocycles. The lowest BCUT2D eigenvalue weighted by Crippen LogP contribution is -2.45. The maximum absolute atomic E-state index is 12.3. The molecule has 1 heterocycles. The van der Waals surface area contributed by atoms with Crippen LogP contribution in [0, 0.1) is 17.8 Å². The number of nitrogens with zero attached hydrogens (tertiary/aromatic N) is 1. The molecule has 90 valence electrons. The second-order valence-corrected chi connectivity index (χ2v) is 5.85. The molecule has 0 aromatic heterocycles. The van der Waals surface area contributed by atoms with E-state index in [2.05, 4.69) is 10.2 Å². The zero-order valence-corrected chi connectivity index (χ0v) is 10.1. The van der Waals surface area contributed by atoms with Crippen molar-refractivity contribution >= 4 is 5.91 Å². The van der Waals surface area contributed by atoms with Crippen LogP contribution in [-0.2, 0) is 4.79 Å². The molecule has 2 atom stereocenters. The number of nitrogens with one attached hydrogen (secondary N) is 1. The molecule has 3 rings (SSSR count). The summed E-state index contributed by atoms with van der Waals surface area (Å²) in [7, 11) is 2.02. The Labute approximate surface area is 97.6 Å². The molecule has 1 aliphatic heterocycles. The van der Waals surface area contributed by atoms with Gasteiger partial charge >= 0.3 is 0 Å². The molecule has 2 aliphatic carbocycles. The summed E-state index contributed by atoms with van der Waals surface area (Å²) < 4.78 is 0. The fraction of sp³-hybridized carbons (Fsp3) is 0.923. The zero-order chi connectivity index (χ0) is 11.1. The van der Waals surface area contributed by atoms with Gasteiger partial charge < -0.3 is 10.2 Å². The van der Waals surface area contributed by atoms with Crippen molar-refractivity contribution in [1.29, 1.82) is 0 Å². The van der Waals surface area contributed by atoms with Gasteiger partial charge in [0.2, 0.25) is 5.91 Å². The Morgan fingerprint density at radius 3 is 2.38 bits per heavy atom. The fourth-order valence-corrected chi connectivity index (χ4v) is 3.58. The third-order valence-corrected chi connectivity index (χ3v) is 4.80. The van der Waals surface area contributed by atoms with Gasteiger partial charge in [-0.25, -0.2) is 0 Å². The van der Waals surface area contributed by atoms with Crippen molar-refractivity contribution in [3.05, 3.63) is 0 Å². The van der Waals surface area contributed by atoms with E-state index in [9.17, 15) is 4.79 Å². The lowest BCUT2D eigenvalue weighted by atomic mass is 9.99. The molecule has 2 unspecified atom stereocenters. The molecule has 0 spiro atoms. The van der Waals surface area contributed by atoms with Gasteiger partial charge in [0.1, 0.15) is 0 Å². The molecule has 0 bridgehead atoms. The SMILES string of the molecule is CN(C(=O)C1CC2CC2C1)C1CCNCC1. The van der Waals surface area contributed by atoms with Gasteiger partial charge in [-0.3, -0.25) is 4.79 Å².